The SMILES string of the molecule is CCCCCCCCOc1cc2c#cc3cncc(c#cc4cc(OCCCCCCCC)cc(c#cc5cncc(c#cc6cc(OCCCCCCCC)cc(c#cc7cncc(c#cc(c1)n2)c7)n6)c5)n4)c3. The number of hydrogen-bond donors (Lipinski definition) is 0. The highest BCUT2D eigenvalue weighted by Gasteiger charge is 2.02. The van der Waals surface area contributed by atoms with Crippen molar-refractivity contribution in [3.8, 4) is 17.2 Å². The van der Waals surface area contributed by atoms with Gasteiger partial charge in [-0.05, 0) is 73.9 Å². The summed E-state index contributed by atoms with van der Waals surface area (Å²) in [5, 5.41) is 4.05. The number of pyridine rings is 6. The molecule has 378 valence electrons. The van der Waals surface area contributed by atoms with Crippen molar-refractivity contribution in [3.05, 3.63) is 165 Å². The van der Waals surface area contributed by atoms with E-state index in [-0.39, 0.29) is 0 Å². The second-order valence-electron chi connectivity index (χ2n) is 18.5. The molecule has 0 amide bonds. The zero-order valence-electron chi connectivity index (χ0n) is 43.9. The molecule has 0 N–H and O–H groups in total. The van der Waals surface area contributed by atoms with E-state index in [0.29, 0.717) is 102 Å². The summed E-state index contributed by atoms with van der Waals surface area (Å²) in [4.78, 5) is 27.8. The maximum atomic E-state index is 6.27. The van der Waals surface area contributed by atoms with Crippen LogP contribution in [0.4, 0.5) is 0 Å². The average Bonchev–Trinajstić information content (AvgIpc) is 3.43. The minimum absolute atomic E-state index is 0.515. The molecule has 12 bridgehead atoms. The Hall–Kier alpha value is -8.34. The van der Waals surface area contributed by atoms with Crippen LogP contribution in [-0.2, 0) is 0 Å². The van der Waals surface area contributed by atoms with Gasteiger partial charge in [-0.2, -0.15) is 0 Å². The van der Waals surface area contributed by atoms with Gasteiger partial charge in [-0.1, -0.05) is 153 Å². The van der Waals surface area contributed by atoms with Gasteiger partial charge in [0.15, 0.2) is 0 Å². The van der Waals surface area contributed by atoms with Crippen molar-refractivity contribution in [2.45, 2.75) is 136 Å². The van der Waals surface area contributed by atoms with Crippen LogP contribution in [0.5, 0.6) is 17.2 Å². The maximum absolute atomic E-state index is 6.27. The number of nitrogens with zero attached hydrogens (tertiary/aromatic N) is 6. The van der Waals surface area contributed by atoms with Crippen LogP contribution in [0.2, 0.25) is 0 Å². The minimum Gasteiger partial charge on any atom is -0.493 e. The predicted molar refractivity (Wildman–Crippen MR) is 300 cm³/mol. The topological polar surface area (TPSA) is 105 Å². The van der Waals surface area contributed by atoms with Crippen molar-refractivity contribution in [2.75, 3.05) is 19.8 Å². The van der Waals surface area contributed by atoms with Gasteiger partial charge < -0.3 is 14.2 Å². The van der Waals surface area contributed by atoms with Crippen molar-refractivity contribution < 1.29 is 14.2 Å². The third-order valence-corrected chi connectivity index (χ3v) is 11.9. The Bertz CT molecular complexity index is 2710. The van der Waals surface area contributed by atoms with Gasteiger partial charge >= 0.3 is 0 Å². The third-order valence-electron chi connectivity index (χ3n) is 11.9. The molecule has 0 aliphatic carbocycles. The minimum atomic E-state index is 0.515. The largest absolute Gasteiger partial charge is 0.493 e. The van der Waals surface area contributed by atoms with Crippen LogP contribution in [0.25, 0.3) is 65.4 Å². The smallest absolute Gasteiger partial charge is 0.124 e. The average molecular weight is 991 g/mol. The Labute approximate surface area is 445 Å². The normalized spacial score (nSPS) is 10.3. The second kappa shape index (κ2) is 31.3. The molecule has 0 saturated carbocycles. The van der Waals surface area contributed by atoms with E-state index in [1.165, 1.54) is 77.0 Å². The molecule has 0 fully saturated rings. The summed E-state index contributed by atoms with van der Waals surface area (Å²) in [5.41, 5.74) is 3.09. The summed E-state index contributed by atoms with van der Waals surface area (Å²) in [6.45, 7) is 8.45. The fourth-order valence-corrected chi connectivity index (χ4v) is 7.92. The summed E-state index contributed by atoms with van der Waals surface area (Å²) in [6.07, 6.45) is 31.2. The zero-order valence-corrected chi connectivity index (χ0v) is 43.9. The van der Waals surface area contributed by atoms with Crippen LogP contribution in [0, 0.1) is 72.8 Å². The molecule has 75 heavy (non-hydrogen) atoms. The number of rotatable bonds is 24. The van der Waals surface area contributed by atoms with E-state index in [0.717, 1.165) is 38.5 Å². The summed E-state index contributed by atoms with van der Waals surface area (Å²) in [5.74, 6) is 1.97. The monoisotopic (exact) mass is 991 g/mol. The van der Waals surface area contributed by atoms with Gasteiger partial charge in [0.05, 0.1) is 19.8 Å². The van der Waals surface area contributed by atoms with Gasteiger partial charge in [-0.15, -0.1) is 0 Å². The van der Waals surface area contributed by atoms with Crippen LogP contribution in [0.3, 0.4) is 0 Å². The predicted octanol–water partition coefficient (Wildman–Crippen LogP) is 15.9. The Morgan fingerprint density at radius 2 is 0.480 bits per heavy atom. The van der Waals surface area contributed by atoms with E-state index in [9.17, 15) is 0 Å². The summed E-state index contributed by atoms with van der Waals surface area (Å²) < 4.78 is 18.8. The first-order chi connectivity index (χ1) is 37.0. The Morgan fingerprint density at radius 3 is 0.707 bits per heavy atom. The number of hydrogen-bond acceptors (Lipinski definition) is 9. The van der Waals surface area contributed by atoms with E-state index in [1.54, 1.807) is 37.2 Å². The van der Waals surface area contributed by atoms with Crippen molar-refractivity contribution in [3.63, 3.8) is 0 Å². The molecule has 0 aliphatic rings. The molecule has 0 saturated heterocycles. The lowest BCUT2D eigenvalue weighted by molar-refractivity contribution is 0.304. The highest BCUT2D eigenvalue weighted by atomic mass is 16.5. The second-order valence-corrected chi connectivity index (χ2v) is 18.5. The van der Waals surface area contributed by atoms with Crippen LogP contribution in [0.1, 0.15) is 136 Å². The van der Waals surface area contributed by atoms with E-state index < -0.39 is 0 Å². The number of fused-ring (bicyclic) bond motifs is 12. The molecular weight excluding hydrogens is 925 g/mol. The molecule has 7 aromatic rings. The Kier molecular flexibility index (Phi) is 22.7. The van der Waals surface area contributed by atoms with Crippen LogP contribution in [-0.4, -0.2) is 49.7 Å². The Balaban J connectivity index is 1.33. The van der Waals surface area contributed by atoms with Gasteiger partial charge in [-0.3, -0.25) is 15.0 Å². The molecule has 9 heteroatoms. The first-order valence-corrected chi connectivity index (χ1v) is 26.9. The molecule has 0 radical (unpaired) electrons. The van der Waals surface area contributed by atoms with Crippen LogP contribution in [0.15, 0.2) is 91.8 Å². The molecule has 7 aromatic heterocycles. The molecule has 0 unspecified atom stereocenters. The standard InChI is InChI=1S/C66H66N6O3/c1-4-7-10-13-16-19-34-73-64-40-58-28-22-52-37-54(48-67-46-52)24-30-60-42-65(74-35-20-17-14-11-8-5-2)44-62(71-60)32-26-56-39-57(51-69-50-56)27-33-63-45-66(75-36-21-18-15-12-9-6-3)43-61(72-63)31-25-55-38-53(47-68-49-55)23-29-59(41-64)70-58/h37-51H,4-21,34-36H2,1-3H3. The van der Waals surface area contributed by atoms with Crippen molar-refractivity contribution in [2.24, 2.45) is 0 Å². The molecule has 7 rings (SSSR count). The van der Waals surface area contributed by atoms with Gasteiger partial charge in [0.2, 0.25) is 0 Å². The van der Waals surface area contributed by atoms with Gasteiger partial charge in [0.25, 0.3) is 0 Å². The highest BCUT2D eigenvalue weighted by Crippen LogP contribution is 2.19. The molecule has 0 atom stereocenters. The lowest BCUT2D eigenvalue weighted by Crippen LogP contribution is -1.97. The van der Waals surface area contributed by atoms with Crippen LogP contribution < -0.4 is 14.2 Å². The maximum Gasteiger partial charge on any atom is 0.124 e. The summed E-state index contributed by atoms with van der Waals surface area (Å²) in [7, 11) is 0. The van der Waals surface area contributed by atoms with Crippen molar-refractivity contribution >= 4 is 65.4 Å². The molecule has 9 nitrogen and oxygen atoms in total. The summed E-state index contributed by atoms with van der Waals surface area (Å²) in [6, 6.07) is 55.6. The van der Waals surface area contributed by atoms with E-state index in [2.05, 4.69) is 109 Å². The van der Waals surface area contributed by atoms with Crippen molar-refractivity contribution in [1.82, 2.24) is 29.9 Å². The van der Waals surface area contributed by atoms with E-state index in [4.69, 9.17) is 29.2 Å². The summed E-state index contributed by atoms with van der Waals surface area (Å²) >= 11 is 0. The van der Waals surface area contributed by atoms with Gasteiger partial charge in [-0.25, -0.2) is 15.0 Å². The lowest BCUT2D eigenvalue weighted by Gasteiger charge is -2.05. The Morgan fingerprint density at radius 1 is 0.267 bits per heavy atom. The number of unbranched alkanes of at least 4 members (excludes halogenated alkanes) is 15. The fraction of sp³-hybridized carbons (Fsp3) is 0.364. The van der Waals surface area contributed by atoms with E-state index >= 15 is 0 Å². The van der Waals surface area contributed by atoms with Gasteiger partial charge in [0.1, 0.15) is 50.3 Å². The van der Waals surface area contributed by atoms with E-state index in [1.807, 2.05) is 54.6 Å². The van der Waals surface area contributed by atoms with Crippen LogP contribution >= 0.6 is 0 Å². The zero-order chi connectivity index (χ0) is 52.0. The third kappa shape index (κ3) is 20.2. The lowest BCUT2D eigenvalue weighted by atomic mass is 10.1. The first kappa shape index (κ1) is 54.4. The number of ether oxygens (including phenoxy) is 3. The molecule has 7 heterocycles. The molecular formula is C66H66N6O3. The quantitative estimate of drug-likeness (QED) is 0.0547. The fourth-order valence-electron chi connectivity index (χ4n) is 7.92. The number of aromatic nitrogens is 6. The molecule has 0 spiro atoms. The van der Waals surface area contributed by atoms with Gasteiger partial charge in [0, 0.05) is 106 Å². The van der Waals surface area contributed by atoms with Crippen molar-refractivity contribution in [1.29, 1.82) is 0 Å². The highest BCUT2D eigenvalue weighted by molar-refractivity contribution is 5.67. The molecule has 0 aromatic carbocycles. The molecule has 0 aliphatic heterocycles. The first-order valence-electron chi connectivity index (χ1n) is 26.9.